The van der Waals surface area contributed by atoms with Crippen molar-refractivity contribution in [1.29, 1.82) is 0 Å². The second-order valence-corrected chi connectivity index (χ2v) is 11.5. The molecule has 1 rings (SSSR count). The third-order valence-electron chi connectivity index (χ3n) is 6.23. The molecule has 0 aliphatic carbocycles. The van der Waals surface area contributed by atoms with Crippen LogP contribution in [0.1, 0.15) is 67.7 Å². The van der Waals surface area contributed by atoms with Gasteiger partial charge in [-0.2, -0.15) is 0 Å². The number of likely N-dealkylation sites (tertiary alicyclic amines) is 1. The fraction of sp³-hybridized carbons (Fsp3) is 0.692. The first-order valence-corrected chi connectivity index (χ1v) is 12.7. The van der Waals surface area contributed by atoms with Crippen molar-refractivity contribution in [2.24, 2.45) is 16.6 Å². The number of esters is 1. The van der Waals surface area contributed by atoms with Gasteiger partial charge in [0.1, 0.15) is 24.7 Å². The van der Waals surface area contributed by atoms with Crippen LogP contribution >= 0.6 is 0 Å². The molecular weight excluding hydrogens is 494 g/mol. The third-order valence-corrected chi connectivity index (χ3v) is 6.23. The van der Waals surface area contributed by atoms with Crippen LogP contribution in [0.2, 0.25) is 0 Å². The summed E-state index contributed by atoms with van der Waals surface area (Å²) in [6.45, 7) is 16.0. The number of ketones is 1. The normalized spacial score (nSPS) is 18.0. The first kappa shape index (κ1) is 32.6. The topological polar surface area (TPSA) is 177 Å². The number of hydrogen-bond acceptors (Lipinski definition) is 7. The molecule has 0 aromatic rings. The van der Waals surface area contributed by atoms with Gasteiger partial charge in [0.25, 0.3) is 5.91 Å². The summed E-state index contributed by atoms with van der Waals surface area (Å²) in [5.74, 6) is -3.77. The molecule has 0 aromatic heterocycles. The molecule has 5 N–H and O–H groups in total. The number of hydrogen-bond donors (Lipinski definition) is 4. The van der Waals surface area contributed by atoms with E-state index in [1.54, 1.807) is 48.5 Å². The lowest BCUT2D eigenvalue weighted by Crippen LogP contribution is -2.61. The van der Waals surface area contributed by atoms with Gasteiger partial charge in [0.15, 0.2) is 0 Å². The Morgan fingerprint density at radius 1 is 1.00 bits per heavy atom. The highest BCUT2D eigenvalue weighted by atomic mass is 16.5. The van der Waals surface area contributed by atoms with Crippen molar-refractivity contribution < 1.29 is 33.5 Å². The van der Waals surface area contributed by atoms with Gasteiger partial charge in [0.2, 0.25) is 17.6 Å². The molecule has 1 saturated heterocycles. The van der Waals surface area contributed by atoms with E-state index < -0.39 is 70.5 Å². The van der Waals surface area contributed by atoms with Crippen molar-refractivity contribution in [2.75, 3.05) is 13.2 Å². The van der Waals surface area contributed by atoms with Crippen molar-refractivity contribution in [2.45, 2.75) is 91.9 Å². The number of ether oxygens (including phenoxy) is 1. The highest BCUT2D eigenvalue weighted by molar-refractivity contribution is 6.37. The molecular formula is C26H43N5O7. The minimum atomic E-state index is -1.15. The quantitative estimate of drug-likeness (QED) is 0.171. The van der Waals surface area contributed by atoms with E-state index >= 15 is 0 Å². The van der Waals surface area contributed by atoms with Crippen molar-refractivity contribution >= 4 is 35.5 Å². The average molecular weight is 538 g/mol. The number of rotatable bonds is 11. The monoisotopic (exact) mass is 537 g/mol. The number of primary amides is 1. The molecule has 0 bridgehead atoms. The van der Waals surface area contributed by atoms with Crippen molar-refractivity contribution in [3.8, 4) is 0 Å². The number of carbonyl (C=O) groups excluding carboxylic acids is 6. The highest BCUT2D eigenvalue weighted by Crippen LogP contribution is 2.26. The molecule has 1 aliphatic rings. The first-order chi connectivity index (χ1) is 17.4. The summed E-state index contributed by atoms with van der Waals surface area (Å²) < 4.78 is 5.12. The summed E-state index contributed by atoms with van der Waals surface area (Å²) in [7, 11) is 0. The van der Waals surface area contributed by atoms with Gasteiger partial charge in [-0.15, -0.1) is 0 Å². The van der Waals surface area contributed by atoms with Crippen LogP contribution in [0.25, 0.3) is 0 Å². The first-order valence-electron chi connectivity index (χ1n) is 12.7. The van der Waals surface area contributed by atoms with Crippen molar-refractivity contribution in [1.82, 2.24) is 20.9 Å². The summed E-state index contributed by atoms with van der Waals surface area (Å²) in [4.78, 5) is 76.9. The summed E-state index contributed by atoms with van der Waals surface area (Å²) in [5.41, 5.74) is 3.63. The van der Waals surface area contributed by atoms with E-state index in [0.29, 0.717) is 12.8 Å². The Kier molecular flexibility index (Phi) is 11.5. The maximum atomic E-state index is 13.7. The summed E-state index contributed by atoms with van der Waals surface area (Å²) in [5, 5.41) is 7.81. The highest BCUT2D eigenvalue weighted by Gasteiger charge is 2.43. The Hall–Kier alpha value is -3.44. The summed E-state index contributed by atoms with van der Waals surface area (Å²) in [6, 6.07) is -4.77. The predicted molar refractivity (Wildman–Crippen MR) is 140 cm³/mol. The van der Waals surface area contributed by atoms with Crippen LogP contribution in [0.15, 0.2) is 12.7 Å². The van der Waals surface area contributed by atoms with Gasteiger partial charge < -0.3 is 31.3 Å². The Morgan fingerprint density at radius 2 is 1.55 bits per heavy atom. The maximum Gasteiger partial charge on any atom is 0.329 e. The van der Waals surface area contributed by atoms with Crippen molar-refractivity contribution in [3.63, 3.8) is 0 Å². The Balaban J connectivity index is 3.09. The zero-order valence-corrected chi connectivity index (χ0v) is 23.5. The van der Waals surface area contributed by atoms with Crippen LogP contribution in [0.4, 0.5) is 4.79 Å². The van der Waals surface area contributed by atoms with Crippen molar-refractivity contribution in [3.05, 3.63) is 12.7 Å². The van der Waals surface area contributed by atoms with Gasteiger partial charge >= 0.3 is 12.0 Å². The minimum Gasteiger partial charge on any atom is -0.460 e. The zero-order chi connectivity index (χ0) is 29.4. The number of urea groups is 1. The largest absolute Gasteiger partial charge is 0.460 e. The van der Waals surface area contributed by atoms with E-state index in [1.165, 1.54) is 11.0 Å². The molecule has 1 aliphatic heterocycles. The van der Waals surface area contributed by atoms with Crippen LogP contribution in [-0.4, -0.2) is 77.7 Å². The number of nitrogens with zero attached hydrogens (tertiary/aromatic N) is 1. The zero-order valence-electron chi connectivity index (χ0n) is 23.5. The van der Waals surface area contributed by atoms with Gasteiger partial charge in [-0.3, -0.25) is 19.2 Å². The number of carbonyl (C=O) groups is 6. The van der Waals surface area contributed by atoms with Gasteiger partial charge in [-0.25, -0.2) is 9.59 Å². The molecule has 2 unspecified atom stereocenters. The molecule has 12 nitrogen and oxygen atoms in total. The Labute approximate surface area is 224 Å². The SMILES string of the molecule is C=CCOC(=O)[C@@H](NC(=O)NC(C(=O)N1CCC[C@H]1C(=O)NC(CC)C(=O)C(N)=O)C(C)(C)C)C(C)(C)C. The lowest BCUT2D eigenvalue weighted by Gasteiger charge is -2.36. The van der Waals surface area contributed by atoms with Crippen LogP contribution in [0.3, 0.4) is 0 Å². The van der Waals surface area contributed by atoms with E-state index in [-0.39, 0.29) is 19.6 Å². The van der Waals surface area contributed by atoms with E-state index in [0.717, 1.165) is 0 Å². The van der Waals surface area contributed by atoms with E-state index in [1.807, 2.05) is 0 Å². The molecule has 1 heterocycles. The Bertz CT molecular complexity index is 935. The molecule has 214 valence electrons. The van der Waals surface area contributed by atoms with Gasteiger partial charge in [-0.05, 0) is 30.1 Å². The van der Waals surface area contributed by atoms with Crippen LogP contribution in [0.5, 0.6) is 0 Å². The molecule has 38 heavy (non-hydrogen) atoms. The Morgan fingerprint density at radius 3 is 2.03 bits per heavy atom. The van der Waals surface area contributed by atoms with E-state index in [9.17, 15) is 28.8 Å². The van der Waals surface area contributed by atoms with Gasteiger partial charge in [-0.1, -0.05) is 61.1 Å². The molecule has 0 radical (unpaired) electrons. The molecule has 1 fully saturated rings. The van der Waals surface area contributed by atoms with E-state index in [2.05, 4.69) is 22.5 Å². The fourth-order valence-electron chi connectivity index (χ4n) is 4.07. The summed E-state index contributed by atoms with van der Waals surface area (Å²) in [6.07, 6.45) is 2.46. The molecule has 5 amide bonds. The molecule has 4 atom stereocenters. The standard InChI is InChI=1S/C26H43N5O7/c1-9-14-38-23(36)19(26(6,7)8)30-24(37)29-18(25(3,4)5)22(35)31-13-11-12-16(31)21(34)28-15(10-2)17(32)20(27)33/h9,15-16,18-19H,1,10-14H2,2-8H3,(H2,27,33)(H,28,34)(H2,29,30,37)/t15?,16-,18?,19+/m0/s1. The van der Waals surface area contributed by atoms with Crippen LogP contribution in [-0.2, 0) is 28.7 Å². The fourth-order valence-corrected chi connectivity index (χ4v) is 4.07. The lowest BCUT2D eigenvalue weighted by molar-refractivity contribution is -0.147. The third kappa shape index (κ3) is 8.84. The lowest BCUT2D eigenvalue weighted by atomic mass is 9.85. The summed E-state index contributed by atoms with van der Waals surface area (Å²) >= 11 is 0. The van der Waals surface area contributed by atoms with Gasteiger partial charge in [0.05, 0.1) is 6.04 Å². The number of Topliss-reactive ketones (excluding diaryl/α,β-unsaturated/α-hetero) is 1. The maximum absolute atomic E-state index is 13.7. The number of nitrogens with one attached hydrogen (secondary N) is 3. The van der Waals surface area contributed by atoms with Gasteiger partial charge in [0, 0.05) is 6.54 Å². The molecule has 0 saturated carbocycles. The minimum absolute atomic E-state index is 0.0137. The van der Waals surface area contributed by atoms with Crippen LogP contribution in [0, 0.1) is 10.8 Å². The molecule has 0 spiro atoms. The second-order valence-electron chi connectivity index (χ2n) is 11.5. The van der Waals surface area contributed by atoms with E-state index in [4.69, 9.17) is 10.5 Å². The molecule has 12 heteroatoms. The smallest absolute Gasteiger partial charge is 0.329 e. The number of amides is 5. The predicted octanol–water partition coefficient (Wildman–Crippen LogP) is 0.784. The van der Waals surface area contributed by atoms with Crippen LogP contribution < -0.4 is 21.7 Å². The number of nitrogens with two attached hydrogens (primary N) is 1. The second kappa shape index (κ2) is 13.4. The molecule has 0 aromatic carbocycles. The average Bonchev–Trinajstić information content (AvgIpc) is 3.30.